The van der Waals surface area contributed by atoms with Gasteiger partial charge in [0.05, 0.1) is 12.8 Å². The number of halogens is 1. The van der Waals surface area contributed by atoms with Gasteiger partial charge in [0.25, 0.3) is 5.56 Å². The maximum Gasteiger partial charge on any atom is 0.250 e. The maximum absolute atomic E-state index is 13.4. The van der Waals surface area contributed by atoms with E-state index in [1.54, 1.807) is 29.0 Å². The Morgan fingerprint density at radius 1 is 1.33 bits per heavy atom. The molecule has 0 bridgehead atoms. The van der Waals surface area contributed by atoms with Crippen molar-refractivity contribution in [3.8, 4) is 5.75 Å². The van der Waals surface area contributed by atoms with Crippen LogP contribution in [0.1, 0.15) is 25.5 Å². The second kappa shape index (κ2) is 6.43. The molecule has 1 aromatic carbocycles. The zero-order chi connectivity index (χ0) is 15.4. The summed E-state index contributed by atoms with van der Waals surface area (Å²) in [4.78, 5) is 11.6. The first kappa shape index (κ1) is 15.1. The minimum atomic E-state index is -0.381. The molecule has 1 atom stereocenters. The van der Waals surface area contributed by atoms with E-state index in [2.05, 4.69) is 5.32 Å². The summed E-state index contributed by atoms with van der Waals surface area (Å²) >= 11 is 0. The number of ether oxygens (including phenoxy) is 1. The molecule has 1 heterocycles. The Kier molecular flexibility index (Phi) is 4.62. The number of aromatic nitrogens is 1. The van der Waals surface area contributed by atoms with E-state index in [-0.39, 0.29) is 23.2 Å². The molecule has 0 saturated heterocycles. The number of methoxy groups -OCH3 is 1. The average Bonchev–Trinajstić information content (AvgIpc) is 2.49. The lowest BCUT2D eigenvalue weighted by molar-refractivity contribution is 0.385. The van der Waals surface area contributed by atoms with Crippen molar-refractivity contribution in [2.75, 3.05) is 12.4 Å². The molecule has 0 aliphatic rings. The lowest BCUT2D eigenvalue weighted by atomic mass is 10.1. The van der Waals surface area contributed by atoms with Crippen LogP contribution >= 0.6 is 0 Å². The molecule has 4 nitrogen and oxygen atoms in total. The fourth-order valence-electron chi connectivity index (χ4n) is 2.14. The van der Waals surface area contributed by atoms with E-state index in [1.165, 1.54) is 19.2 Å². The van der Waals surface area contributed by atoms with Gasteiger partial charge in [0.2, 0.25) is 0 Å². The number of anilines is 1. The van der Waals surface area contributed by atoms with Gasteiger partial charge in [-0.15, -0.1) is 0 Å². The van der Waals surface area contributed by atoms with Crippen molar-refractivity contribution in [2.45, 2.75) is 26.4 Å². The van der Waals surface area contributed by atoms with Crippen LogP contribution in [0.3, 0.4) is 0 Å². The SMILES string of the molecule is CCn1cc(NC(C)c2ccc(F)c(OC)c2)ccc1=O. The largest absolute Gasteiger partial charge is 0.494 e. The van der Waals surface area contributed by atoms with Crippen LogP contribution in [0.25, 0.3) is 0 Å². The zero-order valence-electron chi connectivity index (χ0n) is 12.4. The Labute approximate surface area is 123 Å². The van der Waals surface area contributed by atoms with Crippen LogP contribution < -0.4 is 15.6 Å². The molecule has 0 saturated carbocycles. The highest BCUT2D eigenvalue weighted by Crippen LogP contribution is 2.24. The minimum absolute atomic E-state index is 0.0286. The highest BCUT2D eigenvalue weighted by Gasteiger charge is 2.10. The first-order chi connectivity index (χ1) is 10.0. The van der Waals surface area contributed by atoms with Gasteiger partial charge in [0, 0.05) is 24.8 Å². The van der Waals surface area contributed by atoms with Crippen molar-refractivity contribution < 1.29 is 9.13 Å². The Bertz CT molecular complexity index is 682. The summed E-state index contributed by atoms with van der Waals surface area (Å²) < 4.78 is 20.0. The molecule has 1 aromatic heterocycles. The van der Waals surface area contributed by atoms with E-state index in [1.807, 2.05) is 13.8 Å². The Morgan fingerprint density at radius 3 is 2.76 bits per heavy atom. The van der Waals surface area contributed by atoms with Gasteiger partial charge in [-0.05, 0) is 37.6 Å². The molecule has 2 rings (SSSR count). The Balaban J connectivity index is 2.21. The molecular formula is C16H19FN2O2. The van der Waals surface area contributed by atoms with E-state index in [9.17, 15) is 9.18 Å². The quantitative estimate of drug-likeness (QED) is 0.919. The number of hydrogen-bond acceptors (Lipinski definition) is 3. The van der Waals surface area contributed by atoms with Gasteiger partial charge in [-0.1, -0.05) is 6.07 Å². The number of aryl methyl sites for hydroxylation is 1. The number of hydrogen-bond donors (Lipinski definition) is 1. The van der Waals surface area contributed by atoms with Gasteiger partial charge in [-0.2, -0.15) is 0 Å². The van der Waals surface area contributed by atoms with E-state index in [0.29, 0.717) is 6.54 Å². The summed E-state index contributed by atoms with van der Waals surface area (Å²) in [6.07, 6.45) is 1.78. The lowest BCUT2D eigenvalue weighted by Gasteiger charge is -2.17. The Morgan fingerprint density at radius 2 is 2.10 bits per heavy atom. The first-order valence-corrected chi connectivity index (χ1v) is 6.85. The summed E-state index contributed by atoms with van der Waals surface area (Å²) in [6.45, 7) is 4.50. The number of rotatable bonds is 5. The molecule has 0 aliphatic heterocycles. The lowest BCUT2D eigenvalue weighted by Crippen LogP contribution is -2.18. The third-order valence-electron chi connectivity index (χ3n) is 3.38. The average molecular weight is 290 g/mol. The maximum atomic E-state index is 13.4. The molecule has 0 spiro atoms. The van der Waals surface area contributed by atoms with Crippen LogP contribution in [-0.2, 0) is 6.54 Å². The summed E-state index contributed by atoms with van der Waals surface area (Å²) in [7, 11) is 1.44. The van der Waals surface area contributed by atoms with Crippen molar-refractivity contribution in [2.24, 2.45) is 0 Å². The van der Waals surface area contributed by atoms with E-state index >= 15 is 0 Å². The third-order valence-corrected chi connectivity index (χ3v) is 3.38. The normalized spacial score (nSPS) is 12.0. The highest BCUT2D eigenvalue weighted by atomic mass is 19.1. The standard InChI is InChI=1S/C16H19FN2O2/c1-4-19-10-13(6-8-16(19)20)18-11(2)12-5-7-14(17)15(9-12)21-3/h5-11,18H,4H2,1-3H3. The van der Waals surface area contributed by atoms with E-state index < -0.39 is 0 Å². The molecule has 5 heteroatoms. The topological polar surface area (TPSA) is 43.3 Å². The van der Waals surface area contributed by atoms with E-state index in [4.69, 9.17) is 4.74 Å². The van der Waals surface area contributed by atoms with Crippen LogP contribution in [-0.4, -0.2) is 11.7 Å². The van der Waals surface area contributed by atoms with Crippen molar-refractivity contribution in [3.63, 3.8) is 0 Å². The fourth-order valence-corrected chi connectivity index (χ4v) is 2.14. The second-order valence-electron chi connectivity index (χ2n) is 4.80. The summed E-state index contributed by atoms with van der Waals surface area (Å²) in [6, 6.07) is 8.01. The predicted molar refractivity (Wildman–Crippen MR) is 81.4 cm³/mol. The van der Waals surface area contributed by atoms with Crippen molar-refractivity contribution >= 4 is 5.69 Å². The van der Waals surface area contributed by atoms with Crippen LogP contribution in [0.5, 0.6) is 5.75 Å². The molecular weight excluding hydrogens is 271 g/mol. The van der Waals surface area contributed by atoms with Crippen LogP contribution in [0.4, 0.5) is 10.1 Å². The minimum Gasteiger partial charge on any atom is -0.494 e. The zero-order valence-corrected chi connectivity index (χ0v) is 12.4. The van der Waals surface area contributed by atoms with Crippen LogP contribution in [0, 0.1) is 5.82 Å². The monoisotopic (exact) mass is 290 g/mol. The first-order valence-electron chi connectivity index (χ1n) is 6.85. The van der Waals surface area contributed by atoms with Crippen LogP contribution in [0.15, 0.2) is 41.3 Å². The molecule has 112 valence electrons. The van der Waals surface area contributed by atoms with Crippen molar-refractivity contribution in [1.82, 2.24) is 4.57 Å². The summed E-state index contributed by atoms with van der Waals surface area (Å²) in [5.41, 5.74) is 1.72. The van der Waals surface area contributed by atoms with Gasteiger partial charge in [-0.25, -0.2) is 4.39 Å². The summed E-state index contributed by atoms with van der Waals surface area (Å²) in [5.74, 6) is -0.160. The van der Waals surface area contributed by atoms with Gasteiger partial charge in [-0.3, -0.25) is 4.79 Å². The highest BCUT2D eigenvalue weighted by molar-refractivity contribution is 5.44. The molecule has 0 aliphatic carbocycles. The van der Waals surface area contributed by atoms with Gasteiger partial charge in [0.15, 0.2) is 11.6 Å². The number of nitrogens with one attached hydrogen (secondary N) is 1. The molecule has 1 unspecified atom stereocenters. The van der Waals surface area contributed by atoms with Gasteiger partial charge >= 0.3 is 0 Å². The van der Waals surface area contributed by atoms with Crippen LogP contribution in [0.2, 0.25) is 0 Å². The molecule has 0 amide bonds. The number of pyridine rings is 1. The molecule has 2 aromatic rings. The molecule has 1 N–H and O–H groups in total. The molecule has 0 fully saturated rings. The smallest absolute Gasteiger partial charge is 0.250 e. The predicted octanol–water partition coefficient (Wildman–Crippen LogP) is 3.19. The van der Waals surface area contributed by atoms with Gasteiger partial charge in [0.1, 0.15) is 0 Å². The third kappa shape index (κ3) is 3.42. The fraction of sp³-hybridized carbons (Fsp3) is 0.312. The second-order valence-corrected chi connectivity index (χ2v) is 4.80. The number of nitrogens with zero attached hydrogens (tertiary/aromatic N) is 1. The summed E-state index contributed by atoms with van der Waals surface area (Å²) in [5, 5.41) is 3.29. The van der Waals surface area contributed by atoms with Gasteiger partial charge < -0.3 is 14.6 Å². The van der Waals surface area contributed by atoms with Crippen molar-refractivity contribution in [3.05, 3.63) is 58.3 Å². The van der Waals surface area contributed by atoms with Crippen molar-refractivity contribution in [1.29, 1.82) is 0 Å². The number of benzene rings is 1. The molecule has 0 radical (unpaired) electrons. The Hall–Kier alpha value is -2.30. The molecule has 21 heavy (non-hydrogen) atoms. The van der Waals surface area contributed by atoms with E-state index in [0.717, 1.165) is 11.3 Å².